The number of nitrogens with two attached hydrogens (primary N) is 1. The number of carboxylic acid groups (broad SMARTS) is 1. The molecule has 0 spiro atoms. The number of hydrogen-bond acceptors (Lipinski definition) is 6. The molecule has 4 rings (SSSR count). The van der Waals surface area contributed by atoms with Gasteiger partial charge < -0.3 is 25.6 Å². The second-order valence-electron chi connectivity index (χ2n) is 8.67. The molecule has 34 heavy (non-hydrogen) atoms. The lowest BCUT2D eigenvalue weighted by molar-refractivity contribution is 0.0690. The fourth-order valence-corrected chi connectivity index (χ4v) is 4.05. The van der Waals surface area contributed by atoms with Crippen LogP contribution in [0, 0.1) is 5.92 Å². The molecule has 2 heterocycles. The number of nitrogen functional groups attached to an aromatic ring is 1. The topological polar surface area (TPSA) is 124 Å². The Kier molecular flexibility index (Phi) is 6.67. The minimum Gasteiger partial charge on any atom is -0.491 e. The van der Waals surface area contributed by atoms with Crippen molar-refractivity contribution in [3.8, 4) is 22.6 Å². The summed E-state index contributed by atoms with van der Waals surface area (Å²) < 4.78 is 11.8. The Balaban J connectivity index is 1.48. The van der Waals surface area contributed by atoms with Crippen LogP contribution < -0.4 is 20.5 Å². The minimum atomic E-state index is -1.14. The number of carboxylic acids is 1. The van der Waals surface area contributed by atoms with Gasteiger partial charge in [-0.15, -0.1) is 0 Å². The summed E-state index contributed by atoms with van der Waals surface area (Å²) in [5, 5.41) is 12.3. The number of hydrogen-bond donors (Lipinski definition) is 3. The second-order valence-corrected chi connectivity index (χ2v) is 8.67. The zero-order chi connectivity index (χ0) is 24.2. The molecule has 176 valence electrons. The number of rotatable bonds is 8. The number of anilines is 1. The fraction of sp³-hybridized carbons (Fsp3) is 0.269. The van der Waals surface area contributed by atoms with Gasteiger partial charge >= 0.3 is 5.97 Å². The van der Waals surface area contributed by atoms with E-state index in [-0.39, 0.29) is 23.8 Å². The molecule has 1 aliphatic heterocycles. The van der Waals surface area contributed by atoms with Crippen molar-refractivity contribution in [3.63, 3.8) is 0 Å². The van der Waals surface area contributed by atoms with Crippen molar-refractivity contribution in [1.82, 2.24) is 10.3 Å². The summed E-state index contributed by atoms with van der Waals surface area (Å²) in [5.74, 6) is 0.494. The maximum atomic E-state index is 12.8. The van der Waals surface area contributed by atoms with Crippen molar-refractivity contribution in [1.29, 1.82) is 0 Å². The van der Waals surface area contributed by atoms with Crippen LogP contribution in [0.5, 0.6) is 11.5 Å². The first-order valence-electron chi connectivity index (χ1n) is 11.1. The van der Waals surface area contributed by atoms with Crippen LogP contribution in [0.2, 0.25) is 0 Å². The molecular formula is C26H27N3O5. The lowest BCUT2D eigenvalue weighted by atomic mass is 9.97. The number of carbonyl (C=O) groups excluding carboxylic acids is 1. The number of aromatic nitrogens is 1. The summed E-state index contributed by atoms with van der Waals surface area (Å²) in [6.07, 6.45) is 2.30. The van der Waals surface area contributed by atoms with Gasteiger partial charge in [-0.3, -0.25) is 4.79 Å². The van der Waals surface area contributed by atoms with Crippen LogP contribution in [0.15, 0.2) is 54.7 Å². The van der Waals surface area contributed by atoms with E-state index in [1.165, 1.54) is 12.1 Å². The third-order valence-electron chi connectivity index (χ3n) is 5.58. The number of ether oxygens (including phenoxy) is 2. The van der Waals surface area contributed by atoms with E-state index in [9.17, 15) is 14.7 Å². The molecule has 8 nitrogen and oxygen atoms in total. The Morgan fingerprint density at radius 3 is 2.65 bits per heavy atom. The van der Waals surface area contributed by atoms with Gasteiger partial charge in [0.2, 0.25) is 0 Å². The number of fused-ring (bicyclic) bond motifs is 3. The lowest BCUT2D eigenvalue weighted by Gasteiger charge is -2.23. The van der Waals surface area contributed by atoms with Crippen LogP contribution in [0.3, 0.4) is 0 Å². The summed E-state index contributed by atoms with van der Waals surface area (Å²) >= 11 is 0. The predicted molar refractivity (Wildman–Crippen MR) is 128 cm³/mol. The van der Waals surface area contributed by atoms with Gasteiger partial charge in [0.05, 0.1) is 23.4 Å². The summed E-state index contributed by atoms with van der Waals surface area (Å²) in [6, 6.07) is 13.4. The molecule has 0 bridgehead atoms. The summed E-state index contributed by atoms with van der Waals surface area (Å²) in [7, 11) is 0. The molecule has 0 saturated heterocycles. The lowest BCUT2D eigenvalue weighted by Crippen LogP contribution is -2.40. The maximum absolute atomic E-state index is 12.8. The summed E-state index contributed by atoms with van der Waals surface area (Å²) in [4.78, 5) is 28.4. The average Bonchev–Trinajstić information content (AvgIpc) is 2.81. The third-order valence-corrected chi connectivity index (χ3v) is 5.58. The molecule has 1 aromatic heterocycles. The van der Waals surface area contributed by atoms with Crippen LogP contribution in [-0.2, 0) is 6.61 Å². The van der Waals surface area contributed by atoms with Crippen molar-refractivity contribution in [3.05, 3.63) is 71.4 Å². The first kappa shape index (κ1) is 23.1. The Hall–Kier alpha value is -4.07. The molecular weight excluding hydrogens is 434 g/mol. The van der Waals surface area contributed by atoms with Crippen molar-refractivity contribution in [2.45, 2.75) is 32.9 Å². The third kappa shape index (κ3) is 5.11. The van der Waals surface area contributed by atoms with Gasteiger partial charge in [0.15, 0.2) is 0 Å². The molecule has 4 N–H and O–H groups in total. The first-order chi connectivity index (χ1) is 16.3. The van der Waals surface area contributed by atoms with Crippen LogP contribution in [0.1, 0.15) is 46.5 Å². The van der Waals surface area contributed by atoms with Crippen LogP contribution in [0.4, 0.5) is 5.82 Å². The van der Waals surface area contributed by atoms with E-state index in [4.69, 9.17) is 15.2 Å². The Bertz CT molecular complexity index is 1220. The number of nitrogens with zero attached hydrogens (tertiary/aromatic N) is 1. The standard InChI is InChI=1S/C26H27N3O5/c1-15(2)9-17(29-25(30)20-5-3-4-6-21(20)26(31)32)14-33-18-7-8-19-16(10-18)13-34-23-12-28-24(27)11-22(19)23/h3-8,10-12,15,17H,9,13-14H2,1-2H3,(H2,27,28)(H,29,30)(H,31,32). The van der Waals surface area contributed by atoms with Crippen LogP contribution >= 0.6 is 0 Å². The van der Waals surface area contributed by atoms with E-state index < -0.39 is 11.9 Å². The molecule has 0 radical (unpaired) electrons. The van der Waals surface area contributed by atoms with E-state index in [1.807, 2.05) is 18.2 Å². The van der Waals surface area contributed by atoms with Crippen molar-refractivity contribution >= 4 is 17.7 Å². The van der Waals surface area contributed by atoms with Crippen LogP contribution in [0.25, 0.3) is 11.1 Å². The van der Waals surface area contributed by atoms with Crippen LogP contribution in [-0.4, -0.2) is 34.6 Å². The summed E-state index contributed by atoms with van der Waals surface area (Å²) in [6.45, 7) is 4.74. The molecule has 0 saturated carbocycles. The number of pyridine rings is 1. The van der Waals surface area contributed by atoms with Gasteiger partial charge in [-0.25, -0.2) is 9.78 Å². The molecule has 0 aliphatic carbocycles. The highest BCUT2D eigenvalue weighted by Gasteiger charge is 2.22. The van der Waals surface area contributed by atoms with Gasteiger partial charge in [-0.2, -0.15) is 0 Å². The van der Waals surface area contributed by atoms with Gasteiger partial charge in [0.1, 0.15) is 30.5 Å². The Morgan fingerprint density at radius 2 is 1.91 bits per heavy atom. The Morgan fingerprint density at radius 1 is 1.15 bits per heavy atom. The fourth-order valence-electron chi connectivity index (χ4n) is 4.05. The average molecular weight is 462 g/mol. The van der Waals surface area contributed by atoms with Gasteiger partial charge in [0.25, 0.3) is 5.91 Å². The quantitative estimate of drug-likeness (QED) is 0.460. The molecule has 8 heteroatoms. The van der Waals surface area contributed by atoms with Gasteiger partial charge in [0, 0.05) is 11.1 Å². The monoisotopic (exact) mass is 461 g/mol. The number of benzene rings is 2. The summed E-state index contributed by atoms with van der Waals surface area (Å²) in [5.41, 5.74) is 8.81. The normalized spacial score (nSPS) is 12.8. The molecule has 1 amide bonds. The second kappa shape index (κ2) is 9.82. The highest BCUT2D eigenvalue weighted by Crippen LogP contribution is 2.39. The SMILES string of the molecule is CC(C)CC(COc1ccc2c(c1)COc1cnc(N)cc1-2)NC(=O)c1ccccc1C(=O)O. The van der Waals surface area contributed by atoms with E-state index in [1.54, 1.807) is 24.4 Å². The molecule has 0 fully saturated rings. The molecule has 3 aromatic rings. The largest absolute Gasteiger partial charge is 0.491 e. The Labute approximate surface area is 197 Å². The zero-order valence-electron chi connectivity index (χ0n) is 19.1. The molecule has 2 aromatic carbocycles. The van der Waals surface area contributed by atoms with E-state index in [0.29, 0.717) is 36.3 Å². The van der Waals surface area contributed by atoms with E-state index in [2.05, 4.69) is 24.1 Å². The highest BCUT2D eigenvalue weighted by molar-refractivity contribution is 6.04. The number of aromatic carboxylic acids is 1. The van der Waals surface area contributed by atoms with Crippen molar-refractivity contribution < 1.29 is 24.2 Å². The smallest absolute Gasteiger partial charge is 0.336 e. The highest BCUT2D eigenvalue weighted by atomic mass is 16.5. The minimum absolute atomic E-state index is 0.0324. The number of amides is 1. The van der Waals surface area contributed by atoms with E-state index >= 15 is 0 Å². The number of carbonyl (C=O) groups is 2. The molecule has 1 aliphatic rings. The van der Waals surface area contributed by atoms with Gasteiger partial charge in [-0.05, 0) is 48.2 Å². The van der Waals surface area contributed by atoms with Crippen molar-refractivity contribution in [2.24, 2.45) is 5.92 Å². The molecule has 1 atom stereocenters. The molecule has 1 unspecified atom stereocenters. The van der Waals surface area contributed by atoms with Gasteiger partial charge in [-0.1, -0.05) is 32.0 Å². The van der Waals surface area contributed by atoms with E-state index in [0.717, 1.165) is 16.7 Å². The maximum Gasteiger partial charge on any atom is 0.336 e. The number of nitrogens with one attached hydrogen (secondary N) is 1. The zero-order valence-corrected chi connectivity index (χ0v) is 19.1. The van der Waals surface area contributed by atoms with Crippen molar-refractivity contribution in [2.75, 3.05) is 12.3 Å². The first-order valence-corrected chi connectivity index (χ1v) is 11.1. The predicted octanol–water partition coefficient (Wildman–Crippen LogP) is 4.14.